The van der Waals surface area contributed by atoms with Gasteiger partial charge in [0.2, 0.25) is 0 Å². The summed E-state index contributed by atoms with van der Waals surface area (Å²) in [4.78, 5) is 35.3. The van der Waals surface area contributed by atoms with Gasteiger partial charge in [0.25, 0.3) is 5.69 Å². The fourth-order valence-corrected chi connectivity index (χ4v) is 3.32. The van der Waals surface area contributed by atoms with Crippen LogP contribution in [-0.2, 0) is 0 Å². The summed E-state index contributed by atoms with van der Waals surface area (Å²) in [5, 5.41) is 10.9. The van der Waals surface area contributed by atoms with Crippen LogP contribution in [0.3, 0.4) is 0 Å². The van der Waals surface area contributed by atoms with Gasteiger partial charge in [-0.3, -0.25) is 14.9 Å². The Morgan fingerprint density at radius 3 is 2.18 bits per heavy atom. The SMILES string of the molecule is O=C(C=Cc1cccc(OC(=O)c2cccc([N+](=O)[O-])c2)c1)c1ccc(-c2ccccc2)cc1. The number of hydrogen-bond acceptors (Lipinski definition) is 5. The lowest BCUT2D eigenvalue weighted by molar-refractivity contribution is -0.384. The van der Waals surface area contributed by atoms with Gasteiger partial charge < -0.3 is 4.74 Å². The monoisotopic (exact) mass is 449 g/mol. The minimum Gasteiger partial charge on any atom is -0.423 e. The number of nitrogens with zero attached hydrogens (tertiary/aromatic N) is 1. The lowest BCUT2D eigenvalue weighted by Gasteiger charge is -2.05. The average Bonchev–Trinajstić information content (AvgIpc) is 2.88. The van der Waals surface area contributed by atoms with E-state index in [0.29, 0.717) is 11.1 Å². The Bertz CT molecular complexity index is 1380. The molecular formula is C28H19NO5. The van der Waals surface area contributed by atoms with Crippen molar-refractivity contribution in [1.29, 1.82) is 0 Å². The number of hydrogen-bond donors (Lipinski definition) is 0. The lowest BCUT2D eigenvalue weighted by Crippen LogP contribution is -2.08. The van der Waals surface area contributed by atoms with E-state index in [0.717, 1.165) is 17.2 Å². The lowest BCUT2D eigenvalue weighted by atomic mass is 10.0. The smallest absolute Gasteiger partial charge is 0.343 e. The summed E-state index contributed by atoms with van der Waals surface area (Å²) < 4.78 is 5.34. The number of esters is 1. The van der Waals surface area contributed by atoms with E-state index >= 15 is 0 Å². The van der Waals surface area contributed by atoms with Gasteiger partial charge in [-0.25, -0.2) is 4.79 Å². The van der Waals surface area contributed by atoms with Crippen molar-refractivity contribution < 1.29 is 19.2 Å². The molecule has 4 aromatic rings. The Hall–Kier alpha value is -4.84. The molecule has 0 atom stereocenters. The molecule has 34 heavy (non-hydrogen) atoms. The highest BCUT2D eigenvalue weighted by atomic mass is 16.6. The standard InChI is InChI=1S/C28H19NO5/c30-27(23-15-13-22(14-16-23)21-7-2-1-3-8-21)17-12-20-6-4-11-26(18-20)34-28(31)24-9-5-10-25(19-24)29(32)33/h1-19H. The molecule has 4 aromatic carbocycles. The highest BCUT2D eigenvalue weighted by molar-refractivity contribution is 6.07. The summed E-state index contributed by atoms with van der Waals surface area (Å²) in [5.41, 5.74) is 3.21. The first-order chi connectivity index (χ1) is 16.5. The van der Waals surface area contributed by atoms with Crippen LogP contribution in [0.1, 0.15) is 26.3 Å². The van der Waals surface area contributed by atoms with Gasteiger partial charge in [0.05, 0.1) is 10.5 Å². The van der Waals surface area contributed by atoms with Crippen LogP contribution >= 0.6 is 0 Å². The van der Waals surface area contributed by atoms with Gasteiger partial charge in [0, 0.05) is 17.7 Å². The zero-order chi connectivity index (χ0) is 23.9. The van der Waals surface area contributed by atoms with Gasteiger partial charge in [-0.2, -0.15) is 0 Å². The number of nitro benzene ring substituents is 1. The summed E-state index contributed by atoms with van der Waals surface area (Å²) in [6, 6.07) is 29.3. The van der Waals surface area contributed by atoms with Gasteiger partial charge in [-0.05, 0) is 41.0 Å². The van der Waals surface area contributed by atoms with E-state index in [9.17, 15) is 19.7 Å². The predicted molar refractivity (Wildman–Crippen MR) is 130 cm³/mol. The molecule has 0 aromatic heterocycles. The van der Waals surface area contributed by atoms with Crippen LogP contribution in [0.4, 0.5) is 5.69 Å². The van der Waals surface area contributed by atoms with Gasteiger partial charge >= 0.3 is 5.97 Å². The van der Waals surface area contributed by atoms with Crippen LogP contribution in [0, 0.1) is 10.1 Å². The summed E-state index contributed by atoms with van der Waals surface area (Å²) in [7, 11) is 0. The maximum atomic E-state index is 12.6. The van der Waals surface area contributed by atoms with E-state index in [4.69, 9.17) is 4.74 Å². The molecule has 4 rings (SSSR count). The molecule has 0 saturated heterocycles. The van der Waals surface area contributed by atoms with Crippen LogP contribution in [0.5, 0.6) is 5.75 Å². The Labute approximate surface area is 195 Å². The second-order valence-corrected chi connectivity index (χ2v) is 7.41. The predicted octanol–water partition coefficient (Wildman–Crippen LogP) is 6.38. The molecule has 6 heteroatoms. The second-order valence-electron chi connectivity index (χ2n) is 7.41. The number of allylic oxidation sites excluding steroid dienone is 1. The summed E-state index contributed by atoms with van der Waals surface area (Å²) >= 11 is 0. The van der Waals surface area contributed by atoms with Crippen molar-refractivity contribution in [3.05, 3.63) is 136 Å². The van der Waals surface area contributed by atoms with Crippen molar-refractivity contribution in [2.24, 2.45) is 0 Å². The van der Waals surface area contributed by atoms with Crippen LogP contribution in [-0.4, -0.2) is 16.7 Å². The van der Waals surface area contributed by atoms with Gasteiger partial charge in [0.15, 0.2) is 5.78 Å². The molecule has 166 valence electrons. The topological polar surface area (TPSA) is 86.5 Å². The summed E-state index contributed by atoms with van der Waals surface area (Å²) in [6.45, 7) is 0. The normalized spacial score (nSPS) is 10.7. The van der Waals surface area contributed by atoms with E-state index < -0.39 is 10.9 Å². The first-order valence-electron chi connectivity index (χ1n) is 10.4. The Balaban J connectivity index is 1.43. The molecule has 0 aliphatic heterocycles. The Morgan fingerprint density at radius 1 is 0.735 bits per heavy atom. The van der Waals surface area contributed by atoms with Crippen molar-refractivity contribution in [3.63, 3.8) is 0 Å². The molecule has 6 nitrogen and oxygen atoms in total. The zero-order valence-corrected chi connectivity index (χ0v) is 18.0. The van der Waals surface area contributed by atoms with Crippen molar-refractivity contribution >= 4 is 23.5 Å². The molecule has 0 spiro atoms. The van der Waals surface area contributed by atoms with Crippen molar-refractivity contribution in [2.45, 2.75) is 0 Å². The number of carbonyl (C=O) groups excluding carboxylic acids is 2. The number of ether oxygens (including phenoxy) is 1. The van der Waals surface area contributed by atoms with E-state index in [2.05, 4.69) is 0 Å². The number of ketones is 1. The third-order valence-electron chi connectivity index (χ3n) is 5.07. The summed E-state index contributed by atoms with van der Waals surface area (Å²) in [5.74, 6) is -0.601. The molecule has 0 heterocycles. The average molecular weight is 449 g/mol. The first-order valence-corrected chi connectivity index (χ1v) is 10.4. The first kappa shape index (κ1) is 22.4. The number of benzene rings is 4. The Morgan fingerprint density at radius 2 is 1.44 bits per heavy atom. The maximum absolute atomic E-state index is 12.6. The largest absolute Gasteiger partial charge is 0.423 e. The second kappa shape index (κ2) is 10.2. The molecule has 0 bridgehead atoms. The van der Waals surface area contributed by atoms with Crippen molar-refractivity contribution in [3.8, 4) is 16.9 Å². The minimum absolute atomic E-state index is 0.0734. The fraction of sp³-hybridized carbons (Fsp3) is 0. The van der Waals surface area contributed by atoms with Crippen molar-refractivity contribution in [2.75, 3.05) is 0 Å². The van der Waals surface area contributed by atoms with Crippen LogP contribution < -0.4 is 4.74 Å². The highest BCUT2D eigenvalue weighted by Crippen LogP contribution is 2.21. The molecule has 0 N–H and O–H groups in total. The van der Waals surface area contributed by atoms with E-state index in [1.807, 2.05) is 42.5 Å². The molecule has 0 amide bonds. The van der Waals surface area contributed by atoms with Gasteiger partial charge in [-0.15, -0.1) is 0 Å². The minimum atomic E-state index is -0.709. The third kappa shape index (κ3) is 5.49. The number of non-ortho nitro benzene ring substituents is 1. The molecule has 0 unspecified atom stereocenters. The fourth-order valence-electron chi connectivity index (χ4n) is 3.32. The molecule has 0 saturated carbocycles. The van der Waals surface area contributed by atoms with Crippen LogP contribution in [0.25, 0.3) is 17.2 Å². The van der Waals surface area contributed by atoms with Gasteiger partial charge in [-0.1, -0.05) is 78.9 Å². The maximum Gasteiger partial charge on any atom is 0.343 e. The van der Waals surface area contributed by atoms with E-state index in [1.54, 1.807) is 42.5 Å². The van der Waals surface area contributed by atoms with E-state index in [1.165, 1.54) is 24.3 Å². The third-order valence-corrected chi connectivity index (χ3v) is 5.07. The quantitative estimate of drug-likeness (QED) is 0.0816. The molecule has 0 radical (unpaired) electrons. The van der Waals surface area contributed by atoms with Crippen LogP contribution in [0.2, 0.25) is 0 Å². The molecule has 0 aliphatic carbocycles. The zero-order valence-electron chi connectivity index (χ0n) is 18.0. The van der Waals surface area contributed by atoms with Gasteiger partial charge in [0.1, 0.15) is 5.75 Å². The van der Waals surface area contributed by atoms with Crippen molar-refractivity contribution in [1.82, 2.24) is 0 Å². The Kier molecular flexibility index (Phi) is 6.70. The number of nitro groups is 1. The molecular weight excluding hydrogens is 430 g/mol. The molecule has 0 fully saturated rings. The highest BCUT2D eigenvalue weighted by Gasteiger charge is 2.13. The number of rotatable bonds is 7. The van der Waals surface area contributed by atoms with Crippen LogP contribution in [0.15, 0.2) is 109 Å². The molecule has 0 aliphatic rings. The summed E-state index contributed by atoms with van der Waals surface area (Å²) in [6.07, 6.45) is 3.09. The number of carbonyl (C=O) groups is 2. The van der Waals surface area contributed by atoms with E-state index in [-0.39, 0.29) is 22.8 Å².